The Bertz CT molecular complexity index is 1430. The number of esters is 1. The van der Waals surface area contributed by atoms with E-state index in [2.05, 4.69) is 0 Å². The lowest BCUT2D eigenvalue weighted by molar-refractivity contribution is -0.135. The fourth-order valence-corrected chi connectivity index (χ4v) is 4.37. The zero-order valence-corrected chi connectivity index (χ0v) is 18.9. The van der Waals surface area contributed by atoms with Crippen molar-refractivity contribution in [3.8, 4) is 34.1 Å². The molecule has 0 spiro atoms. The molecule has 0 N–H and O–H groups in total. The lowest BCUT2D eigenvalue weighted by Gasteiger charge is -2.26. The largest absolute Gasteiger partial charge is 0.497 e. The Balaban J connectivity index is 1.74. The summed E-state index contributed by atoms with van der Waals surface area (Å²) in [4.78, 5) is 26.1. The molecule has 1 aliphatic rings. The van der Waals surface area contributed by atoms with Crippen molar-refractivity contribution in [2.75, 3.05) is 21.3 Å². The molecule has 5 rings (SSSR count). The molecular formula is C27H22O7. The number of hydrogen-bond donors (Lipinski definition) is 0. The van der Waals surface area contributed by atoms with Crippen LogP contribution in [0.2, 0.25) is 0 Å². The van der Waals surface area contributed by atoms with Crippen molar-refractivity contribution >= 4 is 16.9 Å². The number of benzene rings is 3. The molecule has 1 aliphatic heterocycles. The van der Waals surface area contributed by atoms with E-state index < -0.39 is 0 Å². The van der Waals surface area contributed by atoms with Gasteiger partial charge in [0.2, 0.25) is 5.43 Å². The smallest absolute Gasteiger partial charge is 0.312 e. The van der Waals surface area contributed by atoms with Gasteiger partial charge in [0.05, 0.1) is 33.3 Å². The van der Waals surface area contributed by atoms with Crippen LogP contribution in [0.4, 0.5) is 0 Å². The summed E-state index contributed by atoms with van der Waals surface area (Å²) in [6, 6.07) is 16.2. The Kier molecular flexibility index (Phi) is 5.45. The molecule has 0 radical (unpaired) electrons. The van der Waals surface area contributed by atoms with E-state index in [1.807, 2.05) is 24.3 Å². The molecule has 0 saturated heterocycles. The van der Waals surface area contributed by atoms with Crippen molar-refractivity contribution in [1.29, 1.82) is 0 Å². The van der Waals surface area contributed by atoms with Crippen molar-refractivity contribution in [2.45, 2.75) is 12.3 Å². The average molecular weight is 458 g/mol. The Morgan fingerprint density at radius 2 is 1.50 bits per heavy atom. The molecule has 172 valence electrons. The van der Waals surface area contributed by atoms with Crippen LogP contribution in [-0.2, 0) is 4.79 Å². The number of carbonyl (C=O) groups is 1. The van der Waals surface area contributed by atoms with Gasteiger partial charge in [0.1, 0.15) is 40.2 Å². The topological polar surface area (TPSA) is 84.2 Å². The highest BCUT2D eigenvalue weighted by Crippen LogP contribution is 2.46. The Labute approximate surface area is 195 Å². The molecule has 7 nitrogen and oxygen atoms in total. The molecule has 4 aromatic rings. The highest BCUT2D eigenvalue weighted by molar-refractivity contribution is 5.94. The minimum atomic E-state index is -0.369. The van der Waals surface area contributed by atoms with E-state index in [0.717, 1.165) is 5.56 Å². The number of carbonyl (C=O) groups excluding carboxylic acids is 1. The summed E-state index contributed by atoms with van der Waals surface area (Å²) < 4.78 is 27.6. The van der Waals surface area contributed by atoms with Crippen LogP contribution in [0.3, 0.4) is 0 Å². The summed E-state index contributed by atoms with van der Waals surface area (Å²) >= 11 is 0. The first-order chi connectivity index (χ1) is 16.5. The molecule has 34 heavy (non-hydrogen) atoms. The highest BCUT2D eigenvalue weighted by Gasteiger charge is 2.34. The third-order valence-corrected chi connectivity index (χ3v) is 6.09. The van der Waals surface area contributed by atoms with Gasteiger partial charge in [-0.15, -0.1) is 0 Å². The fraction of sp³-hybridized carbons (Fsp3) is 0.185. The molecule has 0 fully saturated rings. The lowest BCUT2D eigenvalue weighted by Crippen LogP contribution is -2.22. The van der Waals surface area contributed by atoms with Gasteiger partial charge >= 0.3 is 5.97 Å². The van der Waals surface area contributed by atoms with Crippen molar-refractivity contribution in [3.63, 3.8) is 0 Å². The zero-order chi connectivity index (χ0) is 23.8. The minimum absolute atomic E-state index is 0.116. The zero-order valence-electron chi connectivity index (χ0n) is 18.9. The Morgan fingerprint density at radius 3 is 2.12 bits per heavy atom. The normalized spacial score (nSPS) is 14.9. The van der Waals surface area contributed by atoms with Gasteiger partial charge in [0, 0.05) is 17.5 Å². The molecule has 7 heteroatoms. The number of fused-ring (bicyclic) bond motifs is 3. The van der Waals surface area contributed by atoms with E-state index >= 15 is 0 Å². The minimum Gasteiger partial charge on any atom is -0.497 e. The third-order valence-electron chi connectivity index (χ3n) is 6.09. The summed E-state index contributed by atoms with van der Waals surface area (Å²) in [6.07, 6.45) is 1.55. The first-order valence-corrected chi connectivity index (χ1v) is 10.7. The predicted molar refractivity (Wildman–Crippen MR) is 126 cm³/mol. The summed E-state index contributed by atoms with van der Waals surface area (Å²) in [5.74, 6) is 1.27. The van der Waals surface area contributed by atoms with Crippen LogP contribution in [-0.4, -0.2) is 27.3 Å². The first-order valence-electron chi connectivity index (χ1n) is 10.7. The molecule has 2 heterocycles. The van der Waals surface area contributed by atoms with Crippen molar-refractivity contribution < 1.29 is 28.2 Å². The van der Waals surface area contributed by atoms with Gasteiger partial charge in [-0.2, -0.15) is 0 Å². The predicted octanol–water partition coefficient (Wildman–Crippen LogP) is 4.93. The molecule has 0 unspecified atom stereocenters. The SMILES string of the molecule is COc1ccc(-c2coc3c4c(cc(OC)c3c2=O)OC(=O)C[C@@H]4c2ccc(OC)cc2)cc1. The van der Waals surface area contributed by atoms with E-state index in [1.165, 1.54) is 13.4 Å². The number of methoxy groups -OCH3 is 3. The average Bonchev–Trinajstić information content (AvgIpc) is 2.87. The second kappa shape index (κ2) is 8.59. The summed E-state index contributed by atoms with van der Waals surface area (Å²) in [5, 5.41) is 0.297. The van der Waals surface area contributed by atoms with E-state index in [4.69, 9.17) is 23.4 Å². The van der Waals surface area contributed by atoms with Crippen molar-refractivity contribution in [2.24, 2.45) is 0 Å². The lowest BCUT2D eigenvalue weighted by atomic mass is 9.85. The van der Waals surface area contributed by atoms with Crippen LogP contribution in [0.15, 0.2) is 70.1 Å². The van der Waals surface area contributed by atoms with Gasteiger partial charge in [0.15, 0.2) is 0 Å². The van der Waals surface area contributed by atoms with Gasteiger partial charge in [-0.1, -0.05) is 24.3 Å². The quantitative estimate of drug-likeness (QED) is 0.310. The van der Waals surface area contributed by atoms with Gasteiger partial charge < -0.3 is 23.4 Å². The van der Waals surface area contributed by atoms with Crippen LogP contribution < -0.4 is 24.4 Å². The maximum absolute atomic E-state index is 13.6. The second-order valence-electron chi connectivity index (χ2n) is 7.91. The maximum atomic E-state index is 13.6. The van der Waals surface area contributed by atoms with Crippen LogP contribution in [0, 0.1) is 0 Å². The van der Waals surface area contributed by atoms with Crippen molar-refractivity contribution in [1.82, 2.24) is 0 Å². The monoisotopic (exact) mass is 458 g/mol. The van der Waals surface area contributed by atoms with Crippen molar-refractivity contribution in [3.05, 3.63) is 82.2 Å². The number of rotatable bonds is 5. The molecule has 0 bridgehead atoms. The standard InChI is InChI=1S/C27H22O7/c1-30-17-8-4-15(5-9-17)19-12-23(28)34-22-13-21(32-3)25-26(29)20(14-33-27(25)24(19)22)16-6-10-18(31-2)11-7-16/h4-11,13-14,19H,12H2,1-3H3/t19-/m1/s1. The molecular weight excluding hydrogens is 436 g/mol. The third kappa shape index (κ3) is 3.55. The van der Waals surface area contributed by atoms with E-state index in [1.54, 1.807) is 44.6 Å². The van der Waals surface area contributed by atoms with Gasteiger partial charge in [-0.25, -0.2) is 0 Å². The number of hydrogen-bond acceptors (Lipinski definition) is 7. The van der Waals surface area contributed by atoms with E-state index in [-0.39, 0.29) is 29.5 Å². The summed E-state index contributed by atoms with van der Waals surface area (Å²) in [7, 11) is 4.64. The van der Waals surface area contributed by atoms with Crippen LogP contribution in [0.1, 0.15) is 23.5 Å². The summed E-state index contributed by atoms with van der Waals surface area (Å²) in [6.45, 7) is 0. The van der Waals surface area contributed by atoms with Gasteiger partial charge in [-0.05, 0) is 35.4 Å². The van der Waals surface area contributed by atoms with Crippen LogP contribution >= 0.6 is 0 Å². The maximum Gasteiger partial charge on any atom is 0.312 e. The second-order valence-corrected chi connectivity index (χ2v) is 7.91. The summed E-state index contributed by atoms with van der Waals surface area (Å²) in [5.41, 5.74) is 2.70. The first kappa shape index (κ1) is 21.6. The molecule has 0 amide bonds. The highest BCUT2D eigenvalue weighted by atomic mass is 16.5. The van der Waals surface area contributed by atoms with Gasteiger partial charge in [-0.3, -0.25) is 9.59 Å². The van der Waals surface area contributed by atoms with Crippen LogP contribution in [0.5, 0.6) is 23.0 Å². The van der Waals surface area contributed by atoms with Gasteiger partial charge in [0.25, 0.3) is 0 Å². The van der Waals surface area contributed by atoms with Crippen LogP contribution in [0.25, 0.3) is 22.1 Å². The number of ether oxygens (including phenoxy) is 4. The Hall–Kier alpha value is -4.26. The molecule has 3 aromatic carbocycles. The molecule has 0 saturated carbocycles. The fourth-order valence-electron chi connectivity index (χ4n) is 4.37. The van der Waals surface area contributed by atoms with E-state index in [0.29, 0.717) is 44.9 Å². The molecule has 1 aromatic heterocycles. The molecule has 0 aliphatic carbocycles. The molecule has 1 atom stereocenters. The van der Waals surface area contributed by atoms with E-state index in [9.17, 15) is 9.59 Å². The Morgan fingerprint density at radius 1 is 0.853 bits per heavy atom.